The van der Waals surface area contributed by atoms with Crippen LogP contribution in [0.3, 0.4) is 0 Å². The molecule has 3 nitrogen and oxygen atoms in total. The smallest absolute Gasteiger partial charge is 0.0796 e. The maximum absolute atomic E-state index is 4.62. The lowest BCUT2D eigenvalue weighted by molar-refractivity contribution is 0.263. The van der Waals surface area contributed by atoms with E-state index in [1.165, 1.54) is 37.1 Å². The summed E-state index contributed by atoms with van der Waals surface area (Å²) >= 11 is 0. The zero-order valence-corrected chi connectivity index (χ0v) is 13.4. The van der Waals surface area contributed by atoms with Gasteiger partial charge >= 0.3 is 0 Å². The van der Waals surface area contributed by atoms with E-state index in [1.807, 2.05) is 24.5 Å². The first kappa shape index (κ1) is 14.3. The average molecular weight is 303 g/mol. The average Bonchev–Trinajstić information content (AvgIpc) is 3.15. The fourth-order valence-corrected chi connectivity index (χ4v) is 3.52. The molecular weight excluding hydrogens is 282 g/mol. The van der Waals surface area contributed by atoms with Gasteiger partial charge in [-0.15, -0.1) is 0 Å². The molecule has 0 bridgehead atoms. The molecule has 1 fully saturated rings. The number of hydrogen-bond acceptors (Lipinski definition) is 3. The van der Waals surface area contributed by atoms with Gasteiger partial charge in [-0.2, -0.15) is 0 Å². The Morgan fingerprint density at radius 2 is 1.83 bits per heavy atom. The van der Waals surface area contributed by atoms with Gasteiger partial charge in [-0.05, 0) is 62.7 Å². The first-order valence-corrected chi connectivity index (χ1v) is 8.37. The number of hydrogen-bond donors (Lipinski definition) is 0. The van der Waals surface area contributed by atoms with Crippen LogP contribution < -0.4 is 0 Å². The van der Waals surface area contributed by atoms with Crippen LogP contribution in [0.5, 0.6) is 0 Å². The van der Waals surface area contributed by atoms with Crippen LogP contribution in [0.25, 0.3) is 22.2 Å². The lowest BCUT2D eigenvalue weighted by atomic mass is 10.0. The summed E-state index contributed by atoms with van der Waals surface area (Å²) in [7, 11) is 0. The van der Waals surface area contributed by atoms with Crippen molar-refractivity contribution in [1.82, 2.24) is 14.9 Å². The van der Waals surface area contributed by atoms with Gasteiger partial charge in [-0.1, -0.05) is 18.2 Å². The van der Waals surface area contributed by atoms with Crippen LogP contribution in [-0.4, -0.2) is 28.0 Å². The van der Waals surface area contributed by atoms with Crippen molar-refractivity contribution in [2.24, 2.45) is 0 Å². The summed E-state index contributed by atoms with van der Waals surface area (Å²) in [5, 5.41) is 1.11. The second-order valence-corrected chi connectivity index (χ2v) is 6.27. The molecule has 3 heterocycles. The summed E-state index contributed by atoms with van der Waals surface area (Å²) in [6.07, 6.45) is 6.32. The maximum Gasteiger partial charge on any atom is 0.0796 e. The van der Waals surface area contributed by atoms with Crippen molar-refractivity contribution < 1.29 is 0 Å². The zero-order valence-electron chi connectivity index (χ0n) is 13.4. The Bertz CT molecular complexity index is 816. The van der Waals surface area contributed by atoms with Crippen molar-refractivity contribution in [1.29, 1.82) is 0 Å². The van der Waals surface area contributed by atoms with Crippen LogP contribution >= 0.6 is 0 Å². The van der Waals surface area contributed by atoms with E-state index in [2.05, 4.69) is 52.1 Å². The van der Waals surface area contributed by atoms with Crippen molar-refractivity contribution >= 4 is 10.9 Å². The van der Waals surface area contributed by atoms with Crippen molar-refractivity contribution in [2.75, 3.05) is 13.1 Å². The summed E-state index contributed by atoms with van der Waals surface area (Å²) in [5.41, 5.74) is 4.56. The minimum atomic E-state index is 0.463. The van der Waals surface area contributed by atoms with E-state index in [4.69, 9.17) is 0 Å². The number of likely N-dealkylation sites (tertiary alicyclic amines) is 1. The molecule has 1 aromatic carbocycles. The van der Waals surface area contributed by atoms with E-state index in [-0.39, 0.29) is 0 Å². The highest BCUT2D eigenvalue weighted by atomic mass is 15.2. The van der Waals surface area contributed by atoms with Gasteiger partial charge in [0.05, 0.1) is 11.2 Å². The summed E-state index contributed by atoms with van der Waals surface area (Å²) < 4.78 is 0. The van der Waals surface area contributed by atoms with E-state index in [0.29, 0.717) is 6.04 Å². The lowest BCUT2D eigenvalue weighted by Gasteiger charge is -2.24. The molecule has 116 valence electrons. The maximum atomic E-state index is 4.62. The highest BCUT2D eigenvalue weighted by molar-refractivity contribution is 5.92. The minimum Gasteiger partial charge on any atom is -0.297 e. The van der Waals surface area contributed by atoms with Gasteiger partial charge in [0.25, 0.3) is 0 Å². The molecule has 0 amide bonds. The molecule has 23 heavy (non-hydrogen) atoms. The van der Waals surface area contributed by atoms with E-state index in [1.54, 1.807) is 0 Å². The van der Waals surface area contributed by atoms with Crippen LogP contribution in [0.2, 0.25) is 0 Å². The van der Waals surface area contributed by atoms with Crippen LogP contribution in [0, 0.1) is 0 Å². The highest BCUT2D eigenvalue weighted by Gasteiger charge is 2.19. The van der Waals surface area contributed by atoms with Crippen molar-refractivity contribution in [3.63, 3.8) is 0 Å². The number of nitrogens with zero attached hydrogens (tertiary/aromatic N) is 3. The van der Waals surface area contributed by atoms with Crippen LogP contribution in [0.15, 0.2) is 54.9 Å². The second kappa shape index (κ2) is 6.09. The number of aromatic nitrogens is 2. The Morgan fingerprint density at radius 3 is 2.70 bits per heavy atom. The third kappa shape index (κ3) is 2.73. The SMILES string of the molecule is CC(c1cccc(-c2nccc3ncccc23)c1)N1CCCC1. The molecule has 0 saturated carbocycles. The number of fused-ring (bicyclic) bond motifs is 1. The summed E-state index contributed by atoms with van der Waals surface area (Å²) in [5.74, 6) is 0. The van der Waals surface area contributed by atoms with Gasteiger partial charge in [0.2, 0.25) is 0 Å². The van der Waals surface area contributed by atoms with Crippen LogP contribution in [0.4, 0.5) is 0 Å². The Morgan fingerprint density at radius 1 is 0.957 bits per heavy atom. The Labute approximate surface area is 137 Å². The van der Waals surface area contributed by atoms with Crippen LogP contribution in [-0.2, 0) is 0 Å². The Kier molecular flexibility index (Phi) is 3.80. The predicted octanol–water partition coefficient (Wildman–Crippen LogP) is 4.45. The third-order valence-corrected chi connectivity index (χ3v) is 4.86. The first-order valence-electron chi connectivity index (χ1n) is 8.37. The summed E-state index contributed by atoms with van der Waals surface area (Å²) in [6, 6.07) is 15.3. The van der Waals surface area contributed by atoms with E-state index >= 15 is 0 Å². The van der Waals surface area contributed by atoms with Gasteiger partial charge in [-0.3, -0.25) is 14.9 Å². The van der Waals surface area contributed by atoms with E-state index in [9.17, 15) is 0 Å². The molecule has 0 N–H and O–H groups in total. The molecule has 1 aliphatic rings. The molecule has 1 atom stereocenters. The standard InChI is InChI=1S/C20H21N3/c1-15(23-12-2-3-13-23)16-6-4-7-17(14-16)20-18-8-5-10-21-19(18)9-11-22-20/h4-11,14-15H,2-3,12-13H2,1H3. The molecule has 0 aliphatic carbocycles. The molecule has 1 saturated heterocycles. The Hall–Kier alpha value is -2.26. The minimum absolute atomic E-state index is 0.463. The fourth-order valence-electron chi connectivity index (χ4n) is 3.52. The molecular formula is C20H21N3. The molecule has 3 aromatic rings. The normalized spacial score (nSPS) is 16.7. The fraction of sp³-hybridized carbons (Fsp3) is 0.300. The molecule has 2 aromatic heterocycles. The van der Waals surface area contributed by atoms with Gasteiger partial charge in [0.15, 0.2) is 0 Å². The number of benzene rings is 1. The second-order valence-electron chi connectivity index (χ2n) is 6.27. The number of rotatable bonds is 3. The van der Waals surface area contributed by atoms with Crippen molar-refractivity contribution in [2.45, 2.75) is 25.8 Å². The molecule has 4 rings (SSSR count). The molecule has 0 radical (unpaired) electrons. The highest BCUT2D eigenvalue weighted by Crippen LogP contribution is 2.30. The summed E-state index contributed by atoms with van der Waals surface area (Å²) in [6.45, 7) is 4.73. The number of pyridine rings is 2. The molecule has 1 unspecified atom stereocenters. The molecule has 3 heteroatoms. The first-order chi connectivity index (χ1) is 11.3. The molecule has 1 aliphatic heterocycles. The largest absolute Gasteiger partial charge is 0.297 e. The van der Waals surface area contributed by atoms with Crippen molar-refractivity contribution in [3.05, 3.63) is 60.4 Å². The Balaban J connectivity index is 1.75. The van der Waals surface area contributed by atoms with E-state index in [0.717, 1.165) is 16.6 Å². The van der Waals surface area contributed by atoms with Gasteiger partial charge < -0.3 is 0 Å². The predicted molar refractivity (Wildman–Crippen MR) is 94.2 cm³/mol. The quantitative estimate of drug-likeness (QED) is 0.715. The van der Waals surface area contributed by atoms with Gasteiger partial charge in [0.1, 0.15) is 0 Å². The third-order valence-electron chi connectivity index (χ3n) is 4.86. The topological polar surface area (TPSA) is 29.0 Å². The van der Waals surface area contributed by atoms with Gasteiger partial charge in [0, 0.05) is 29.4 Å². The zero-order chi connectivity index (χ0) is 15.6. The summed E-state index contributed by atoms with van der Waals surface area (Å²) in [4.78, 5) is 11.6. The lowest BCUT2D eigenvalue weighted by Crippen LogP contribution is -2.23. The molecule has 0 spiro atoms. The van der Waals surface area contributed by atoms with Crippen molar-refractivity contribution in [3.8, 4) is 11.3 Å². The van der Waals surface area contributed by atoms with Crippen LogP contribution in [0.1, 0.15) is 31.4 Å². The monoisotopic (exact) mass is 303 g/mol. The van der Waals surface area contributed by atoms with Gasteiger partial charge in [-0.25, -0.2) is 0 Å². The van der Waals surface area contributed by atoms with E-state index < -0.39 is 0 Å².